The van der Waals surface area contributed by atoms with E-state index < -0.39 is 5.97 Å². The van der Waals surface area contributed by atoms with Gasteiger partial charge in [-0.25, -0.2) is 14.8 Å². The molecule has 2 aromatic carbocycles. The van der Waals surface area contributed by atoms with Gasteiger partial charge in [-0.3, -0.25) is 0 Å². The summed E-state index contributed by atoms with van der Waals surface area (Å²) in [5.74, 6) is 0.793. The predicted molar refractivity (Wildman–Crippen MR) is 136 cm³/mol. The van der Waals surface area contributed by atoms with Gasteiger partial charge in [0.2, 0.25) is 0 Å². The molecule has 0 aliphatic heterocycles. The molecular formula is C26H22BrN3O4. The van der Waals surface area contributed by atoms with Crippen molar-refractivity contribution in [3.63, 3.8) is 0 Å². The Labute approximate surface area is 204 Å². The monoisotopic (exact) mass is 519 g/mol. The molecule has 0 unspecified atom stereocenters. The zero-order chi connectivity index (χ0) is 24.0. The molecule has 0 saturated heterocycles. The largest absolute Gasteiger partial charge is 0.496 e. The predicted octanol–water partition coefficient (Wildman–Crippen LogP) is 6.20. The van der Waals surface area contributed by atoms with Gasteiger partial charge in [0.05, 0.1) is 36.5 Å². The second-order valence-electron chi connectivity index (χ2n) is 7.76. The van der Waals surface area contributed by atoms with Crippen molar-refractivity contribution in [1.29, 1.82) is 0 Å². The molecule has 0 fully saturated rings. The minimum Gasteiger partial charge on any atom is -0.496 e. The normalized spacial score (nSPS) is 11.3. The molecule has 7 nitrogen and oxygen atoms in total. The van der Waals surface area contributed by atoms with E-state index >= 15 is 0 Å². The number of halogens is 1. The van der Waals surface area contributed by atoms with Gasteiger partial charge >= 0.3 is 5.97 Å². The first-order chi connectivity index (χ1) is 16.5. The Bertz CT molecular complexity index is 1590. The first kappa shape index (κ1) is 22.2. The fourth-order valence-electron chi connectivity index (χ4n) is 4.36. The van der Waals surface area contributed by atoms with Crippen LogP contribution in [0.4, 0.5) is 0 Å². The number of H-pyrrole nitrogens is 1. The van der Waals surface area contributed by atoms with Crippen LogP contribution in [-0.2, 0) is 4.74 Å². The molecule has 0 aliphatic carbocycles. The van der Waals surface area contributed by atoms with Crippen LogP contribution in [-0.4, -0.2) is 41.7 Å². The molecule has 0 aliphatic rings. The van der Waals surface area contributed by atoms with E-state index in [2.05, 4.69) is 20.9 Å². The highest BCUT2D eigenvalue weighted by molar-refractivity contribution is 9.10. The van der Waals surface area contributed by atoms with Gasteiger partial charge < -0.3 is 19.2 Å². The summed E-state index contributed by atoms with van der Waals surface area (Å²) in [6.45, 7) is 3.94. The minimum atomic E-state index is -0.462. The van der Waals surface area contributed by atoms with Gasteiger partial charge in [0.25, 0.3) is 0 Å². The number of rotatable bonds is 5. The standard InChI is InChI=1S/C26H22BrN3O4/c1-5-34-26(31)21-13(2)20-14-8-6-7-9-17(14)28-24(20)23(30-21)18-11-10-15-19(32-3)12-16(27)25(33-4)22(15)29-18/h6-12,28H,5H2,1-4H3. The summed E-state index contributed by atoms with van der Waals surface area (Å²) in [6, 6.07) is 13.6. The number of para-hydroxylation sites is 1. The number of nitrogens with one attached hydrogen (secondary N) is 1. The number of carbonyl (C=O) groups excluding carboxylic acids is 1. The Morgan fingerprint density at radius 3 is 2.59 bits per heavy atom. The molecule has 0 atom stereocenters. The van der Waals surface area contributed by atoms with Crippen LogP contribution in [0.25, 0.3) is 44.1 Å². The zero-order valence-corrected chi connectivity index (χ0v) is 20.7. The number of nitrogens with zero attached hydrogens (tertiary/aromatic N) is 2. The minimum absolute atomic E-state index is 0.264. The molecule has 172 valence electrons. The number of hydrogen-bond donors (Lipinski definition) is 1. The van der Waals surface area contributed by atoms with Crippen LogP contribution in [0.5, 0.6) is 11.5 Å². The molecule has 1 N–H and O–H groups in total. The van der Waals surface area contributed by atoms with Gasteiger partial charge in [0.1, 0.15) is 17.0 Å². The van der Waals surface area contributed by atoms with Gasteiger partial charge in [0, 0.05) is 21.7 Å². The number of pyridine rings is 2. The van der Waals surface area contributed by atoms with E-state index in [1.165, 1.54) is 0 Å². The summed E-state index contributed by atoms with van der Waals surface area (Å²) in [5, 5.41) is 2.73. The zero-order valence-electron chi connectivity index (χ0n) is 19.2. The molecule has 34 heavy (non-hydrogen) atoms. The molecule has 0 amide bonds. The third kappa shape index (κ3) is 3.37. The number of ether oxygens (including phenoxy) is 3. The van der Waals surface area contributed by atoms with E-state index in [1.807, 2.05) is 49.4 Å². The highest BCUT2D eigenvalue weighted by Crippen LogP contribution is 2.41. The molecule has 3 aromatic heterocycles. The highest BCUT2D eigenvalue weighted by Gasteiger charge is 2.23. The average Bonchev–Trinajstić information content (AvgIpc) is 3.23. The van der Waals surface area contributed by atoms with E-state index in [0.717, 1.165) is 37.2 Å². The van der Waals surface area contributed by atoms with Gasteiger partial charge in [-0.05, 0) is 59.6 Å². The maximum Gasteiger partial charge on any atom is 0.357 e. The van der Waals surface area contributed by atoms with Crippen LogP contribution >= 0.6 is 15.9 Å². The van der Waals surface area contributed by atoms with E-state index in [-0.39, 0.29) is 12.3 Å². The smallest absolute Gasteiger partial charge is 0.357 e. The quantitative estimate of drug-likeness (QED) is 0.278. The van der Waals surface area contributed by atoms with E-state index in [0.29, 0.717) is 28.4 Å². The molecule has 0 bridgehead atoms. The first-order valence-corrected chi connectivity index (χ1v) is 11.6. The van der Waals surface area contributed by atoms with Crippen molar-refractivity contribution in [3.05, 3.63) is 58.2 Å². The number of methoxy groups -OCH3 is 2. The number of aryl methyl sites for hydroxylation is 1. The lowest BCUT2D eigenvalue weighted by atomic mass is 10.0. The van der Waals surface area contributed by atoms with Crippen molar-refractivity contribution < 1.29 is 19.0 Å². The highest BCUT2D eigenvalue weighted by atomic mass is 79.9. The van der Waals surface area contributed by atoms with Crippen molar-refractivity contribution in [1.82, 2.24) is 15.0 Å². The molecular weight excluding hydrogens is 498 g/mol. The molecule has 5 rings (SSSR count). The summed E-state index contributed by atoms with van der Waals surface area (Å²) in [7, 11) is 3.21. The lowest BCUT2D eigenvalue weighted by molar-refractivity contribution is 0.0519. The lowest BCUT2D eigenvalue weighted by Crippen LogP contribution is -2.10. The van der Waals surface area contributed by atoms with Crippen LogP contribution in [0, 0.1) is 6.92 Å². The number of fused-ring (bicyclic) bond motifs is 4. The second-order valence-corrected chi connectivity index (χ2v) is 8.62. The number of hydrogen-bond acceptors (Lipinski definition) is 6. The first-order valence-electron chi connectivity index (χ1n) is 10.8. The number of aromatic amines is 1. The Morgan fingerprint density at radius 1 is 1.06 bits per heavy atom. The van der Waals surface area contributed by atoms with Crippen molar-refractivity contribution in [2.75, 3.05) is 20.8 Å². The Balaban J connectivity index is 1.88. The summed E-state index contributed by atoms with van der Waals surface area (Å²) in [5.41, 5.74) is 4.56. The van der Waals surface area contributed by atoms with E-state index in [1.54, 1.807) is 21.1 Å². The Hall–Kier alpha value is -3.65. The fraction of sp³-hybridized carbons (Fsp3) is 0.192. The molecule has 0 saturated carbocycles. The molecule has 5 aromatic rings. The summed E-state index contributed by atoms with van der Waals surface area (Å²) in [4.78, 5) is 26.0. The number of aromatic nitrogens is 3. The van der Waals surface area contributed by atoms with Crippen LogP contribution in [0.15, 0.2) is 46.9 Å². The Morgan fingerprint density at radius 2 is 1.85 bits per heavy atom. The number of carbonyl (C=O) groups is 1. The lowest BCUT2D eigenvalue weighted by Gasteiger charge is -2.14. The average molecular weight is 520 g/mol. The van der Waals surface area contributed by atoms with Crippen LogP contribution < -0.4 is 9.47 Å². The van der Waals surface area contributed by atoms with Gasteiger partial charge in [-0.2, -0.15) is 0 Å². The van der Waals surface area contributed by atoms with Crippen molar-refractivity contribution in [2.45, 2.75) is 13.8 Å². The SMILES string of the molecule is CCOC(=O)c1nc(-c2ccc3c(OC)cc(Br)c(OC)c3n2)c2[nH]c3ccccc3c2c1C. The van der Waals surface area contributed by atoms with Gasteiger partial charge in [-0.1, -0.05) is 18.2 Å². The maximum absolute atomic E-state index is 12.8. The number of benzene rings is 2. The molecule has 0 spiro atoms. The summed E-state index contributed by atoms with van der Waals surface area (Å²) >= 11 is 3.54. The van der Waals surface area contributed by atoms with Crippen LogP contribution in [0.3, 0.4) is 0 Å². The van der Waals surface area contributed by atoms with Crippen molar-refractivity contribution in [2.24, 2.45) is 0 Å². The molecule has 0 radical (unpaired) electrons. The van der Waals surface area contributed by atoms with Crippen molar-refractivity contribution in [3.8, 4) is 22.9 Å². The topological polar surface area (TPSA) is 86.3 Å². The third-order valence-electron chi connectivity index (χ3n) is 5.88. The number of esters is 1. The molecule has 3 heterocycles. The van der Waals surface area contributed by atoms with Crippen LogP contribution in [0.1, 0.15) is 23.0 Å². The van der Waals surface area contributed by atoms with Crippen molar-refractivity contribution >= 4 is 54.6 Å². The third-order valence-corrected chi connectivity index (χ3v) is 6.47. The fourth-order valence-corrected chi connectivity index (χ4v) is 4.92. The Kier molecular flexibility index (Phi) is 5.61. The van der Waals surface area contributed by atoms with Crippen LogP contribution in [0.2, 0.25) is 0 Å². The molecule has 8 heteroatoms. The van der Waals surface area contributed by atoms with Gasteiger partial charge in [-0.15, -0.1) is 0 Å². The maximum atomic E-state index is 12.8. The van der Waals surface area contributed by atoms with Gasteiger partial charge in [0.15, 0.2) is 11.4 Å². The summed E-state index contributed by atoms with van der Waals surface area (Å²) < 4.78 is 17.2. The van der Waals surface area contributed by atoms with E-state index in [9.17, 15) is 4.79 Å². The van der Waals surface area contributed by atoms with E-state index in [4.69, 9.17) is 24.2 Å². The second kappa shape index (κ2) is 8.61. The summed E-state index contributed by atoms with van der Waals surface area (Å²) in [6.07, 6.45) is 0.